The van der Waals surface area contributed by atoms with Gasteiger partial charge in [-0.15, -0.1) is 0 Å². The second-order valence-electron chi connectivity index (χ2n) is 4.59. The van der Waals surface area contributed by atoms with E-state index >= 15 is 0 Å². The molecule has 0 aliphatic carbocycles. The van der Waals surface area contributed by atoms with Gasteiger partial charge in [0, 0.05) is 5.56 Å². The van der Waals surface area contributed by atoms with E-state index in [1.54, 1.807) is 6.92 Å². The number of ether oxygens (including phenoxy) is 1. The first-order valence-corrected chi connectivity index (χ1v) is 7.72. The number of esters is 1. The third-order valence-electron chi connectivity index (χ3n) is 3.13. The van der Waals surface area contributed by atoms with E-state index in [9.17, 15) is 4.79 Å². The Balaban J connectivity index is 1.83. The Labute approximate surface area is 132 Å². The van der Waals surface area contributed by atoms with Gasteiger partial charge in [0.2, 0.25) is 5.01 Å². The number of carbonyl (C=O) groups excluding carboxylic acids is 1. The van der Waals surface area contributed by atoms with Crippen LogP contribution in [0, 0.1) is 0 Å². The zero-order valence-electron chi connectivity index (χ0n) is 12.0. The maximum absolute atomic E-state index is 11.6. The monoisotopic (exact) mass is 310 g/mol. The molecule has 1 heterocycles. The van der Waals surface area contributed by atoms with E-state index in [-0.39, 0.29) is 5.01 Å². The Bertz CT molecular complexity index is 767. The van der Waals surface area contributed by atoms with Crippen molar-refractivity contribution in [1.82, 2.24) is 9.36 Å². The molecule has 0 aliphatic heterocycles. The Morgan fingerprint density at radius 2 is 1.64 bits per heavy atom. The maximum Gasteiger partial charge on any atom is 0.369 e. The summed E-state index contributed by atoms with van der Waals surface area (Å²) in [6.07, 6.45) is 0. The molecule has 0 amide bonds. The quantitative estimate of drug-likeness (QED) is 0.682. The van der Waals surface area contributed by atoms with Gasteiger partial charge in [-0.25, -0.2) is 9.78 Å². The molecule has 0 N–H and O–H groups in total. The molecule has 0 radical (unpaired) electrons. The Morgan fingerprint density at radius 3 is 2.32 bits per heavy atom. The minimum atomic E-state index is -0.424. The van der Waals surface area contributed by atoms with Crippen LogP contribution in [0.15, 0.2) is 54.6 Å². The molecule has 0 saturated heterocycles. The molecule has 0 aliphatic rings. The summed E-state index contributed by atoms with van der Waals surface area (Å²) in [5.41, 5.74) is 3.17. The summed E-state index contributed by atoms with van der Waals surface area (Å²) >= 11 is 1.06. The Kier molecular flexibility index (Phi) is 4.25. The van der Waals surface area contributed by atoms with Crippen molar-refractivity contribution in [2.45, 2.75) is 6.92 Å². The standard InChI is InChI=1S/C17H14N2O2S/c1-2-21-17(20)16-18-15(19-22-16)14-10-8-13(9-11-14)12-6-4-3-5-7-12/h3-11H,2H2,1H3. The van der Waals surface area contributed by atoms with Gasteiger partial charge < -0.3 is 4.74 Å². The van der Waals surface area contributed by atoms with Gasteiger partial charge in [0.1, 0.15) is 0 Å². The summed E-state index contributed by atoms with van der Waals surface area (Å²) in [4.78, 5) is 15.8. The Morgan fingerprint density at radius 1 is 1.00 bits per heavy atom. The topological polar surface area (TPSA) is 52.1 Å². The molecule has 0 spiro atoms. The van der Waals surface area contributed by atoms with Gasteiger partial charge in [0.15, 0.2) is 5.82 Å². The highest BCUT2D eigenvalue weighted by Crippen LogP contribution is 2.24. The maximum atomic E-state index is 11.6. The van der Waals surface area contributed by atoms with Crippen molar-refractivity contribution in [3.05, 3.63) is 59.6 Å². The van der Waals surface area contributed by atoms with Crippen LogP contribution < -0.4 is 0 Å². The number of carbonyl (C=O) groups is 1. The summed E-state index contributed by atoms with van der Waals surface area (Å²) in [7, 11) is 0. The van der Waals surface area contributed by atoms with Crippen molar-refractivity contribution >= 4 is 17.5 Å². The minimum absolute atomic E-state index is 0.281. The van der Waals surface area contributed by atoms with Crippen LogP contribution >= 0.6 is 11.5 Å². The molecule has 2 aromatic carbocycles. The number of hydrogen-bond acceptors (Lipinski definition) is 5. The number of aromatic nitrogens is 2. The molecule has 1 aromatic heterocycles. The smallest absolute Gasteiger partial charge is 0.369 e. The molecule has 5 heteroatoms. The molecule has 3 aromatic rings. The zero-order valence-corrected chi connectivity index (χ0v) is 12.8. The molecule has 4 nitrogen and oxygen atoms in total. The lowest BCUT2D eigenvalue weighted by molar-refractivity contribution is 0.0526. The molecule has 0 fully saturated rings. The van der Waals surface area contributed by atoms with Crippen molar-refractivity contribution in [2.75, 3.05) is 6.61 Å². The highest BCUT2D eigenvalue weighted by atomic mass is 32.1. The third kappa shape index (κ3) is 3.04. The van der Waals surface area contributed by atoms with Crippen LogP contribution in [0.3, 0.4) is 0 Å². The van der Waals surface area contributed by atoms with Crippen LogP contribution in [0.2, 0.25) is 0 Å². The summed E-state index contributed by atoms with van der Waals surface area (Å²) in [6.45, 7) is 2.10. The van der Waals surface area contributed by atoms with E-state index in [1.165, 1.54) is 0 Å². The van der Waals surface area contributed by atoms with Crippen LogP contribution in [-0.4, -0.2) is 21.9 Å². The normalized spacial score (nSPS) is 10.4. The molecule has 22 heavy (non-hydrogen) atoms. The molecule has 0 unspecified atom stereocenters. The zero-order chi connectivity index (χ0) is 15.4. The van der Waals surface area contributed by atoms with Gasteiger partial charge in [0.05, 0.1) is 6.61 Å². The summed E-state index contributed by atoms with van der Waals surface area (Å²) in [5.74, 6) is 0.125. The molecule has 110 valence electrons. The van der Waals surface area contributed by atoms with Crippen molar-refractivity contribution in [2.24, 2.45) is 0 Å². The van der Waals surface area contributed by atoms with Gasteiger partial charge in [-0.2, -0.15) is 4.37 Å². The number of rotatable bonds is 4. The van der Waals surface area contributed by atoms with Crippen LogP contribution in [0.5, 0.6) is 0 Å². The second-order valence-corrected chi connectivity index (χ2v) is 5.34. The van der Waals surface area contributed by atoms with E-state index < -0.39 is 5.97 Å². The van der Waals surface area contributed by atoms with Crippen molar-refractivity contribution in [3.8, 4) is 22.5 Å². The average molecular weight is 310 g/mol. The summed E-state index contributed by atoms with van der Waals surface area (Å²) < 4.78 is 9.14. The van der Waals surface area contributed by atoms with E-state index in [2.05, 4.69) is 21.5 Å². The predicted molar refractivity (Wildman–Crippen MR) is 86.7 cm³/mol. The van der Waals surface area contributed by atoms with Crippen molar-refractivity contribution in [3.63, 3.8) is 0 Å². The van der Waals surface area contributed by atoms with Gasteiger partial charge in [-0.1, -0.05) is 54.6 Å². The highest BCUT2D eigenvalue weighted by Gasteiger charge is 2.14. The van der Waals surface area contributed by atoms with Gasteiger partial charge in [0.25, 0.3) is 0 Å². The average Bonchev–Trinajstić information content (AvgIpc) is 3.06. The third-order valence-corrected chi connectivity index (χ3v) is 3.82. The van der Waals surface area contributed by atoms with E-state index in [4.69, 9.17) is 4.74 Å². The Hall–Kier alpha value is -2.53. The van der Waals surface area contributed by atoms with Crippen LogP contribution in [0.1, 0.15) is 16.7 Å². The van der Waals surface area contributed by atoms with Crippen LogP contribution in [0.25, 0.3) is 22.5 Å². The largest absolute Gasteiger partial charge is 0.461 e. The molecular weight excluding hydrogens is 296 g/mol. The van der Waals surface area contributed by atoms with Gasteiger partial charge >= 0.3 is 5.97 Å². The van der Waals surface area contributed by atoms with Crippen molar-refractivity contribution in [1.29, 1.82) is 0 Å². The molecule has 0 saturated carbocycles. The van der Waals surface area contributed by atoms with E-state index in [0.717, 1.165) is 28.2 Å². The molecule has 3 rings (SSSR count). The first-order chi connectivity index (χ1) is 10.8. The SMILES string of the molecule is CCOC(=O)c1nc(-c2ccc(-c3ccccc3)cc2)ns1. The number of hydrogen-bond donors (Lipinski definition) is 0. The lowest BCUT2D eigenvalue weighted by atomic mass is 10.0. The number of nitrogens with zero attached hydrogens (tertiary/aromatic N) is 2. The lowest BCUT2D eigenvalue weighted by Crippen LogP contribution is -2.03. The van der Waals surface area contributed by atoms with Crippen LogP contribution in [0.4, 0.5) is 0 Å². The summed E-state index contributed by atoms with van der Waals surface area (Å²) in [5, 5.41) is 0.281. The first kappa shape index (κ1) is 14.4. The van der Waals surface area contributed by atoms with E-state index in [0.29, 0.717) is 12.4 Å². The van der Waals surface area contributed by atoms with Crippen molar-refractivity contribution < 1.29 is 9.53 Å². The number of benzene rings is 2. The second kappa shape index (κ2) is 6.49. The fraction of sp³-hybridized carbons (Fsp3) is 0.118. The lowest BCUT2D eigenvalue weighted by Gasteiger charge is -2.02. The molecule has 0 atom stereocenters. The summed E-state index contributed by atoms with van der Waals surface area (Å²) in [6, 6.07) is 18.1. The fourth-order valence-electron chi connectivity index (χ4n) is 2.06. The van der Waals surface area contributed by atoms with Crippen LogP contribution in [-0.2, 0) is 4.74 Å². The first-order valence-electron chi connectivity index (χ1n) is 6.94. The fourth-order valence-corrected chi connectivity index (χ4v) is 2.64. The van der Waals surface area contributed by atoms with Gasteiger partial charge in [-0.05, 0) is 29.6 Å². The molecule has 0 bridgehead atoms. The molecular formula is C17H14N2O2S. The van der Waals surface area contributed by atoms with Gasteiger partial charge in [-0.3, -0.25) is 0 Å². The highest BCUT2D eigenvalue weighted by molar-refractivity contribution is 7.07. The predicted octanol–water partition coefficient (Wildman–Crippen LogP) is 4.05. The van der Waals surface area contributed by atoms with E-state index in [1.807, 2.05) is 42.5 Å². The minimum Gasteiger partial charge on any atom is -0.461 e.